The molecule has 0 fully saturated rings. The lowest BCUT2D eigenvalue weighted by Crippen LogP contribution is -2.09. The van der Waals surface area contributed by atoms with Gasteiger partial charge in [0.2, 0.25) is 0 Å². The van der Waals surface area contributed by atoms with Crippen LogP contribution in [0.15, 0.2) is 12.4 Å². The number of hydrogen-bond donors (Lipinski definition) is 1. The fraction of sp³-hybridized carbons (Fsp3) is 0.667. The van der Waals surface area contributed by atoms with Gasteiger partial charge in [0.1, 0.15) is 0 Å². The molecular formula is C12H21N3O. The van der Waals surface area contributed by atoms with Crippen LogP contribution in [-0.4, -0.2) is 21.9 Å². The highest BCUT2D eigenvalue weighted by Gasteiger charge is 2.10. The second-order valence-electron chi connectivity index (χ2n) is 3.91. The van der Waals surface area contributed by atoms with Crippen LogP contribution in [0.2, 0.25) is 0 Å². The molecule has 0 amide bonds. The maximum atomic E-state index is 11.8. The van der Waals surface area contributed by atoms with E-state index in [9.17, 15) is 4.79 Å². The van der Waals surface area contributed by atoms with Gasteiger partial charge in [0.25, 0.3) is 0 Å². The van der Waals surface area contributed by atoms with Crippen molar-refractivity contribution in [2.24, 2.45) is 5.73 Å². The molecular weight excluding hydrogens is 202 g/mol. The Morgan fingerprint density at radius 1 is 1.38 bits per heavy atom. The van der Waals surface area contributed by atoms with E-state index in [0.29, 0.717) is 12.2 Å². The van der Waals surface area contributed by atoms with E-state index in [0.717, 1.165) is 38.8 Å². The van der Waals surface area contributed by atoms with E-state index in [-0.39, 0.29) is 5.78 Å². The normalized spacial score (nSPS) is 10.6. The van der Waals surface area contributed by atoms with Crippen LogP contribution in [0.3, 0.4) is 0 Å². The minimum absolute atomic E-state index is 0.152. The fourth-order valence-corrected chi connectivity index (χ4v) is 1.71. The van der Waals surface area contributed by atoms with Crippen molar-refractivity contribution in [3.05, 3.63) is 18.2 Å². The van der Waals surface area contributed by atoms with Gasteiger partial charge in [-0.25, -0.2) is 4.98 Å². The number of rotatable bonds is 8. The molecule has 0 aliphatic rings. The maximum absolute atomic E-state index is 11.8. The van der Waals surface area contributed by atoms with E-state index in [1.54, 1.807) is 6.20 Å². The third kappa shape index (κ3) is 3.77. The molecule has 0 aliphatic carbocycles. The minimum Gasteiger partial charge on any atom is -0.330 e. The first-order valence-corrected chi connectivity index (χ1v) is 6.04. The van der Waals surface area contributed by atoms with Crippen LogP contribution in [0.1, 0.15) is 49.6 Å². The quantitative estimate of drug-likeness (QED) is 0.541. The SMILES string of the molecule is CCn1ccnc1C(=O)CCCCCCN. The maximum Gasteiger partial charge on any atom is 0.198 e. The second-order valence-corrected chi connectivity index (χ2v) is 3.91. The Labute approximate surface area is 96.9 Å². The van der Waals surface area contributed by atoms with E-state index in [4.69, 9.17) is 5.73 Å². The Morgan fingerprint density at radius 3 is 2.81 bits per heavy atom. The van der Waals surface area contributed by atoms with Crippen molar-refractivity contribution in [3.63, 3.8) is 0 Å². The minimum atomic E-state index is 0.152. The lowest BCUT2D eigenvalue weighted by molar-refractivity contribution is 0.0965. The summed E-state index contributed by atoms with van der Waals surface area (Å²) in [6.07, 6.45) is 8.32. The number of imidazole rings is 1. The second kappa shape index (κ2) is 7.17. The standard InChI is InChI=1S/C12H21N3O/c1-2-15-10-9-14-12(15)11(16)7-5-3-4-6-8-13/h9-10H,2-8,13H2,1H3. The Balaban J connectivity index is 2.30. The summed E-state index contributed by atoms with van der Waals surface area (Å²) >= 11 is 0. The molecule has 0 aromatic carbocycles. The predicted molar refractivity (Wildman–Crippen MR) is 64.4 cm³/mol. The number of carbonyl (C=O) groups excluding carboxylic acids is 1. The molecule has 90 valence electrons. The zero-order valence-corrected chi connectivity index (χ0v) is 9.98. The van der Waals surface area contributed by atoms with E-state index < -0.39 is 0 Å². The van der Waals surface area contributed by atoms with Crippen LogP contribution in [0.25, 0.3) is 0 Å². The summed E-state index contributed by atoms with van der Waals surface area (Å²) in [6, 6.07) is 0. The third-order valence-electron chi connectivity index (χ3n) is 2.66. The molecule has 0 bridgehead atoms. The summed E-state index contributed by atoms with van der Waals surface area (Å²) in [4.78, 5) is 15.9. The molecule has 1 heterocycles. The number of aromatic nitrogens is 2. The number of unbranched alkanes of at least 4 members (excludes halogenated alkanes) is 3. The van der Waals surface area contributed by atoms with Crippen LogP contribution < -0.4 is 5.73 Å². The topological polar surface area (TPSA) is 60.9 Å². The highest BCUT2D eigenvalue weighted by molar-refractivity contribution is 5.92. The Bertz CT molecular complexity index is 320. The van der Waals surface area contributed by atoms with Gasteiger partial charge >= 0.3 is 0 Å². The van der Waals surface area contributed by atoms with Crippen molar-refractivity contribution >= 4 is 5.78 Å². The van der Waals surface area contributed by atoms with Gasteiger partial charge in [0.05, 0.1) is 0 Å². The van der Waals surface area contributed by atoms with Crippen LogP contribution in [-0.2, 0) is 6.54 Å². The molecule has 1 rings (SSSR count). The number of Topliss-reactive ketones (excluding diaryl/α,β-unsaturated/α-hetero) is 1. The monoisotopic (exact) mass is 223 g/mol. The molecule has 0 saturated heterocycles. The number of ketones is 1. The van der Waals surface area contributed by atoms with Crippen molar-refractivity contribution in [1.29, 1.82) is 0 Å². The molecule has 4 nitrogen and oxygen atoms in total. The molecule has 0 spiro atoms. The van der Waals surface area contributed by atoms with Gasteiger partial charge in [-0.05, 0) is 26.3 Å². The van der Waals surface area contributed by atoms with Crippen LogP contribution in [0.5, 0.6) is 0 Å². The van der Waals surface area contributed by atoms with Gasteiger partial charge in [-0.15, -0.1) is 0 Å². The Kier molecular flexibility index (Phi) is 5.78. The summed E-state index contributed by atoms with van der Waals surface area (Å²) in [6.45, 7) is 3.56. The lowest BCUT2D eigenvalue weighted by atomic mass is 10.1. The zero-order valence-electron chi connectivity index (χ0n) is 9.98. The lowest BCUT2D eigenvalue weighted by Gasteiger charge is -2.03. The predicted octanol–water partition coefficient (Wildman–Crippen LogP) is 1.99. The summed E-state index contributed by atoms with van der Waals surface area (Å²) in [5.74, 6) is 0.751. The largest absolute Gasteiger partial charge is 0.330 e. The number of nitrogens with two attached hydrogens (primary N) is 1. The van der Waals surface area contributed by atoms with Gasteiger partial charge in [-0.2, -0.15) is 0 Å². The summed E-state index contributed by atoms with van der Waals surface area (Å²) < 4.78 is 1.89. The van der Waals surface area contributed by atoms with Crippen LogP contribution in [0.4, 0.5) is 0 Å². The first-order chi connectivity index (χ1) is 7.79. The average molecular weight is 223 g/mol. The molecule has 0 unspecified atom stereocenters. The van der Waals surface area contributed by atoms with Gasteiger partial charge in [0.15, 0.2) is 11.6 Å². The molecule has 0 saturated carbocycles. The summed E-state index contributed by atoms with van der Waals surface area (Å²) in [5, 5.41) is 0. The van der Waals surface area contributed by atoms with E-state index >= 15 is 0 Å². The first-order valence-electron chi connectivity index (χ1n) is 6.04. The van der Waals surface area contributed by atoms with E-state index in [1.807, 2.05) is 17.7 Å². The molecule has 1 aromatic heterocycles. The van der Waals surface area contributed by atoms with Crippen molar-refractivity contribution in [2.45, 2.75) is 45.6 Å². The molecule has 16 heavy (non-hydrogen) atoms. The Hall–Kier alpha value is -1.16. The van der Waals surface area contributed by atoms with Crippen LogP contribution in [0, 0.1) is 0 Å². The molecule has 0 aliphatic heterocycles. The van der Waals surface area contributed by atoms with Gasteiger partial charge in [-0.3, -0.25) is 4.79 Å². The van der Waals surface area contributed by atoms with Gasteiger partial charge in [0, 0.05) is 25.4 Å². The molecule has 4 heteroatoms. The van der Waals surface area contributed by atoms with Crippen molar-refractivity contribution in [2.75, 3.05) is 6.54 Å². The van der Waals surface area contributed by atoms with Crippen molar-refractivity contribution in [1.82, 2.24) is 9.55 Å². The highest BCUT2D eigenvalue weighted by Crippen LogP contribution is 2.08. The Morgan fingerprint density at radius 2 is 2.12 bits per heavy atom. The van der Waals surface area contributed by atoms with Gasteiger partial charge in [-0.1, -0.05) is 12.8 Å². The number of nitrogens with zero attached hydrogens (tertiary/aromatic N) is 2. The number of hydrogen-bond acceptors (Lipinski definition) is 3. The molecule has 0 radical (unpaired) electrons. The zero-order chi connectivity index (χ0) is 11.8. The summed E-state index contributed by atoms with van der Waals surface area (Å²) in [7, 11) is 0. The number of carbonyl (C=O) groups is 1. The van der Waals surface area contributed by atoms with Crippen molar-refractivity contribution in [3.8, 4) is 0 Å². The van der Waals surface area contributed by atoms with Crippen molar-refractivity contribution < 1.29 is 4.79 Å². The summed E-state index contributed by atoms with van der Waals surface area (Å²) in [5.41, 5.74) is 5.41. The first kappa shape index (κ1) is 12.9. The third-order valence-corrected chi connectivity index (χ3v) is 2.66. The van der Waals surface area contributed by atoms with E-state index in [1.165, 1.54) is 0 Å². The van der Waals surface area contributed by atoms with E-state index in [2.05, 4.69) is 4.98 Å². The highest BCUT2D eigenvalue weighted by atomic mass is 16.1. The smallest absolute Gasteiger partial charge is 0.198 e. The molecule has 2 N–H and O–H groups in total. The average Bonchev–Trinajstić information content (AvgIpc) is 2.76. The van der Waals surface area contributed by atoms with Gasteiger partial charge < -0.3 is 10.3 Å². The van der Waals surface area contributed by atoms with Crippen LogP contribution >= 0.6 is 0 Å². The fourth-order valence-electron chi connectivity index (χ4n) is 1.71. The molecule has 1 aromatic rings. The molecule has 0 atom stereocenters. The number of aryl methyl sites for hydroxylation is 1.